The highest BCUT2D eigenvalue weighted by Crippen LogP contribution is 2.74. The number of fused-ring (bicyclic) bond motifs is 3. The van der Waals surface area contributed by atoms with Gasteiger partial charge in [-0.3, -0.25) is 28.8 Å². The third-order valence-corrected chi connectivity index (χ3v) is 10.1. The van der Waals surface area contributed by atoms with E-state index in [1.807, 2.05) is 6.92 Å². The van der Waals surface area contributed by atoms with Crippen LogP contribution in [0, 0.1) is 28.1 Å². The van der Waals surface area contributed by atoms with E-state index in [9.17, 15) is 28.8 Å². The molecule has 4 saturated carbocycles. The summed E-state index contributed by atoms with van der Waals surface area (Å²) < 4.78 is 29.5. The number of esters is 5. The molecule has 1 spiro atoms. The molecular weight excluding hydrogens is 536 g/mol. The molecule has 0 saturated heterocycles. The minimum atomic E-state index is -1.88. The molecular formula is C30H40O11. The van der Waals surface area contributed by atoms with E-state index >= 15 is 0 Å². The highest BCUT2D eigenvalue weighted by Gasteiger charge is 2.85. The van der Waals surface area contributed by atoms with Crippen molar-refractivity contribution in [2.45, 2.75) is 111 Å². The van der Waals surface area contributed by atoms with Crippen LogP contribution in [0.1, 0.15) is 81.1 Å². The Labute approximate surface area is 239 Å². The number of hydrogen-bond acceptors (Lipinski definition) is 11. The van der Waals surface area contributed by atoms with E-state index < -0.39 is 82.4 Å². The maximum absolute atomic E-state index is 14.7. The topological polar surface area (TPSA) is 149 Å². The van der Waals surface area contributed by atoms with Crippen LogP contribution in [0.4, 0.5) is 0 Å². The minimum Gasteiger partial charge on any atom is -0.462 e. The van der Waals surface area contributed by atoms with Crippen molar-refractivity contribution in [2.75, 3.05) is 0 Å². The van der Waals surface area contributed by atoms with Gasteiger partial charge in [0.15, 0.2) is 17.5 Å². The normalized spacial score (nSPS) is 40.4. The zero-order valence-electron chi connectivity index (χ0n) is 25.0. The van der Waals surface area contributed by atoms with Crippen molar-refractivity contribution in [3.8, 4) is 0 Å². The number of Topliss-reactive ketones (excluding diaryl/α,β-unsaturated/α-hetero) is 1. The van der Waals surface area contributed by atoms with Crippen molar-refractivity contribution in [1.82, 2.24) is 0 Å². The van der Waals surface area contributed by atoms with E-state index in [1.54, 1.807) is 0 Å². The Morgan fingerprint density at radius 2 is 1.32 bits per heavy atom. The number of ketones is 1. The molecule has 11 nitrogen and oxygen atoms in total. The van der Waals surface area contributed by atoms with Gasteiger partial charge in [-0.15, -0.1) is 0 Å². The number of rotatable bonds is 5. The zero-order valence-corrected chi connectivity index (χ0v) is 25.0. The second-order valence-electron chi connectivity index (χ2n) is 12.9. The zero-order chi connectivity index (χ0) is 30.9. The van der Waals surface area contributed by atoms with Gasteiger partial charge in [0.2, 0.25) is 0 Å². The number of hydrogen-bond donors (Lipinski definition) is 0. The molecule has 41 heavy (non-hydrogen) atoms. The summed E-state index contributed by atoms with van der Waals surface area (Å²) in [5.41, 5.74) is -5.30. The van der Waals surface area contributed by atoms with Gasteiger partial charge in [-0.25, -0.2) is 0 Å². The third kappa shape index (κ3) is 4.37. The van der Waals surface area contributed by atoms with Crippen molar-refractivity contribution >= 4 is 35.6 Å². The summed E-state index contributed by atoms with van der Waals surface area (Å²) in [6.45, 7) is 16.1. The van der Waals surface area contributed by atoms with Gasteiger partial charge < -0.3 is 23.7 Å². The Bertz CT molecular complexity index is 1220. The fraction of sp³-hybridized carbons (Fsp3) is 0.733. The highest BCUT2D eigenvalue weighted by molar-refractivity contribution is 6.07. The molecule has 4 aliphatic rings. The Hall–Kier alpha value is -3.24. The fourth-order valence-electron chi connectivity index (χ4n) is 9.09. The lowest BCUT2D eigenvalue weighted by atomic mass is 9.38. The van der Waals surface area contributed by atoms with Crippen LogP contribution in [0.5, 0.6) is 0 Å². The van der Waals surface area contributed by atoms with Gasteiger partial charge >= 0.3 is 29.8 Å². The maximum atomic E-state index is 14.7. The fourth-order valence-corrected chi connectivity index (χ4v) is 9.09. The molecule has 4 rings (SSSR count). The molecule has 0 aromatic rings. The van der Waals surface area contributed by atoms with Crippen LogP contribution in [0.3, 0.4) is 0 Å². The molecule has 11 heteroatoms. The predicted octanol–water partition coefficient (Wildman–Crippen LogP) is 3.01. The lowest BCUT2D eigenvalue weighted by Crippen LogP contribution is -2.76. The summed E-state index contributed by atoms with van der Waals surface area (Å²) in [6, 6.07) is 0. The Balaban J connectivity index is 2.13. The van der Waals surface area contributed by atoms with Crippen LogP contribution >= 0.6 is 0 Å². The van der Waals surface area contributed by atoms with Gasteiger partial charge in [-0.05, 0) is 30.6 Å². The van der Waals surface area contributed by atoms with E-state index in [-0.39, 0.29) is 29.7 Å². The summed E-state index contributed by atoms with van der Waals surface area (Å²) in [7, 11) is 0. The van der Waals surface area contributed by atoms with Crippen LogP contribution < -0.4 is 0 Å². The molecule has 4 fully saturated rings. The van der Waals surface area contributed by atoms with Gasteiger partial charge in [0.1, 0.15) is 23.7 Å². The van der Waals surface area contributed by atoms with Crippen LogP contribution in [-0.2, 0) is 52.5 Å². The van der Waals surface area contributed by atoms with Crippen LogP contribution in [0.25, 0.3) is 0 Å². The molecule has 9 atom stereocenters. The first-order chi connectivity index (χ1) is 18.8. The Morgan fingerprint density at radius 3 is 1.83 bits per heavy atom. The molecule has 0 aliphatic heterocycles. The van der Waals surface area contributed by atoms with Gasteiger partial charge in [0.25, 0.3) is 0 Å². The van der Waals surface area contributed by atoms with Gasteiger partial charge in [-0.2, -0.15) is 0 Å². The first-order valence-electron chi connectivity index (χ1n) is 14.0. The van der Waals surface area contributed by atoms with E-state index in [4.69, 9.17) is 23.7 Å². The molecule has 0 unspecified atom stereocenters. The van der Waals surface area contributed by atoms with Gasteiger partial charge in [-0.1, -0.05) is 27.4 Å². The van der Waals surface area contributed by atoms with Crippen molar-refractivity contribution in [2.24, 2.45) is 28.1 Å². The van der Waals surface area contributed by atoms with Crippen molar-refractivity contribution < 1.29 is 52.5 Å². The van der Waals surface area contributed by atoms with Crippen LogP contribution in [-0.4, -0.2) is 65.6 Å². The third-order valence-electron chi connectivity index (χ3n) is 10.1. The van der Waals surface area contributed by atoms with Gasteiger partial charge in [0, 0.05) is 57.9 Å². The number of ether oxygens (including phenoxy) is 5. The quantitative estimate of drug-likeness (QED) is 0.270. The Morgan fingerprint density at radius 1 is 0.780 bits per heavy atom. The van der Waals surface area contributed by atoms with E-state index in [1.165, 1.54) is 20.8 Å². The average molecular weight is 577 g/mol. The van der Waals surface area contributed by atoms with Crippen LogP contribution in [0.15, 0.2) is 12.2 Å². The van der Waals surface area contributed by atoms with Crippen molar-refractivity contribution in [3.05, 3.63) is 12.2 Å². The summed E-state index contributed by atoms with van der Waals surface area (Å²) in [4.78, 5) is 77.5. The summed E-state index contributed by atoms with van der Waals surface area (Å²) in [6.07, 6.45) is -3.36. The minimum absolute atomic E-state index is 0.142. The predicted molar refractivity (Wildman–Crippen MR) is 141 cm³/mol. The van der Waals surface area contributed by atoms with Crippen LogP contribution in [0.2, 0.25) is 0 Å². The molecule has 4 aliphatic carbocycles. The molecule has 0 N–H and O–H groups in total. The monoisotopic (exact) mass is 576 g/mol. The molecule has 0 aromatic heterocycles. The summed E-state index contributed by atoms with van der Waals surface area (Å²) >= 11 is 0. The number of carbonyl (C=O) groups excluding carboxylic acids is 6. The Kier molecular flexibility index (Phi) is 7.45. The summed E-state index contributed by atoms with van der Waals surface area (Å²) in [5.74, 6) is -5.25. The van der Waals surface area contributed by atoms with Crippen molar-refractivity contribution in [3.63, 3.8) is 0 Å². The largest absolute Gasteiger partial charge is 0.462 e. The molecule has 0 aromatic carbocycles. The molecule has 0 heterocycles. The molecule has 0 radical (unpaired) electrons. The summed E-state index contributed by atoms with van der Waals surface area (Å²) in [5, 5.41) is 0. The van der Waals surface area contributed by atoms with E-state index in [0.717, 1.165) is 13.8 Å². The first-order valence-corrected chi connectivity index (χ1v) is 14.0. The first kappa shape index (κ1) is 30.7. The van der Waals surface area contributed by atoms with Gasteiger partial charge in [0.05, 0.1) is 0 Å². The smallest absolute Gasteiger partial charge is 0.303 e. The molecule has 226 valence electrons. The second-order valence-corrected chi connectivity index (χ2v) is 12.9. The van der Waals surface area contributed by atoms with Crippen molar-refractivity contribution in [1.29, 1.82) is 0 Å². The number of carbonyl (C=O) groups is 6. The molecule has 2 bridgehead atoms. The van der Waals surface area contributed by atoms with E-state index in [0.29, 0.717) is 12.8 Å². The SMILES string of the molecule is C=C1C(=O)[C@@]23[C@H]([C@H](OC(C)=O)C[C@]1(OC(C)=O)[C@@H]2OC(C)=O)[C@]1(C)[C@H](OC(C)=O)CCC(C)(C)[C@@H]1C[C@H]3OC(C)=O. The van der Waals surface area contributed by atoms with E-state index in [2.05, 4.69) is 20.4 Å². The lowest BCUT2D eigenvalue weighted by molar-refractivity contribution is -0.299. The average Bonchev–Trinajstić information content (AvgIpc) is 2.91. The highest BCUT2D eigenvalue weighted by atomic mass is 16.6. The lowest BCUT2D eigenvalue weighted by Gasteiger charge is -2.68. The standard InChI is InChI=1S/C30H40O11/c1-14-25(36)30-23(39-17(4)33)12-21-27(7,8)11-10-22(38-16(3)32)28(21,9)24(30)20(37-15(2)31)13-29(14,41-19(6)35)26(30)40-18(5)34/h20-24,26H,1,10-13H2,2-9H3/t20-,21+,22-,23-,24-,26+,28+,29-,30-/m1/s1. The molecule has 0 amide bonds. The maximum Gasteiger partial charge on any atom is 0.303 e. The second kappa shape index (κ2) is 9.94.